The predicted molar refractivity (Wildman–Crippen MR) is 107 cm³/mol. The predicted octanol–water partition coefficient (Wildman–Crippen LogP) is 4.44. The third-order valence-corrected chi connectivity index (χ3v) is 7.65. The number of methoxy groups -OCH3 is 1. The highest BCUT2D eigenvalue weighted by Crippen LogP contribution is 2.54. The lowest BCUT2D eigenvalue weighted by atomic mass is 9.86. The summed E-state index contributed by atoms with van der Waals surface area (Å²) in [5.41, 5.74) is 0. The molecule has 1 saturated heterocycles. The molecular weight excluding hydrogens is 348 g/mol. The number of ether oxygens (including phenoxy) is 1. The Labute approximate surface area is 162 Å². The Bertz CT molecular complexity index is 467. The summed E-state index contributed by atoms with van der Waals surface area (Å²) in [6.45, 7) is 2.19. The molecule has 0 aromatic rings. The fourth-order valence-electron chi connectivity index (χ4n) is 4.42. The second-order valence-corrected chi connectivity index (χ2v) is 9.51. The van der Waals surface area contributed by atoms with Crippen LogP contribution in [-0.4, -0.2) is 39.6 Å². The fraction of sp³-hybridized carbons (Fsp3) is 0.857. The SMILES string of the molecule is CCCCCC1(O)CCC2C(CC(O)C2C/C=C/CCCC(=O)OC)S1. The summed E-state index contributed by atoms with van der Waals surface area (Å²) in [5.74, 6) is 0.670. The second kappa shape index (κ2) is 10.7. The monoisotopic (exact) mass is 384 g/mol. The number of allylic oxidation sites excluding steroid dienone is 2. The zero-order valence-electron chi connectivity index (χ0n) is 16.4. The third-order valence-electron chi connectivity index (χ3n) is 5.96. The maximum absolute atomic E-state index is 11.1. The topological polar surface area (TPSA) is 66.8 Å². The average molecular weight is 385 g/mol. The van der Waals surface area contributed by atoms with Gasteiger partial charge in [-0.1, -0.05) is 31.9 Å². The van der Waals surface area contributed by atoms with Gasteiger partial charge in [0.05, 0.1) is 13.2 Å². The first-order valence-corrected chi connectivity index (χ1v) is 11.2. The molecule has 0 bridgehead atoms. The molecule has 0 amide bonds. The number of rotatable bonds is 10. The van der Waals surface area contributed by atoms with Crippen LogP contribution in [0.3, 0.4) is 0 Å². The lowest BCUT2D eigenvalue weighted by Crippen LogP contribution is -2.36. The van der Waals surface area contributed by atoms with Crippen LogP contribution in [0.4, 0.5) is 0 Å². The van der Waals surface area contributed by atoms with Crippen molar-refractivity contribution in [3.05, 3.63) is 12.2 Å². The molecule has 2 aliphatic rings. The number of aliphatic hydroxyl groups excluding tert-OH is 1. The summed E-state index contributed by atoms with van der Waals surface area (Å²) in [4.78, 5) is 10.5. The minimum Gasteiger partial charge on any atom is -0.469 e. The first kappa shape index (κ1) is 21.8. The van der Waals surface area contributed by atoms with Crippen LogP contribution in [0.5, 0.6) is 0 Å². The van der Waals surface area contributed by atoms with Crippen molar-refractivity contribution >= 4 is 17.7 Å². The van der Waals surface area contributed by atoms with E-state index < -0.39 is 4.93 Å². The number of aliphatic hydroxyl groups is 2. The van der Waals surface area contributed by atoms with Crippen LogP contribution in [0, 0.1) is 11.8 Å². The number of carbonyl (C=O) groups is 1. The molecule has 5 unspecified atom stereocenters. The van der Waals surface area contributed by atoms with Gasteiger partial charge in [-0.25, -0.2) is 0 Å². The number of carbonyl (C=O) groups excluding carboxylic acids is 1. The molecular formula is C21H36O4S. The van der Waals surface area contributed by atoms with Gasteiger partial charge in [-0.15, -0.1) is 11.8 Å². The maximum atomic E-state index is 11.1. The molecule has 1 aliphatic carbocycles. The van der Waals surface area contributed by atoms with Gasteiger partial charge in [-0.3, -0.25) is 4.79 Å². The third kappa shape index (κ3) is 6.28. The summed E-state index contributed by atoms with van der Waals surface area (Å²) in [6, 6.07) is 0. The summed E-state index contributed by atoms with van der Waals surface area (Å²) in [5, 5.41) is 21.8. The van der Waals surface area contributed by atoms with Crippen molar-refractivity contribution < 1.29 is 19.7 Å². The Morgan fingerprint density at radius 3 is 2.85 bits per heavy atom. The zero-order chi connectivity index (χ0) is 19.0. The summed E-state index contributed by atoms with van der Waals surface area (Å²) >= 11 is 1.74. The van der Waals surface area contributed by atoms with Gasteiger partial charge < -0.3 is 14.9 Å². The van der Waals surface area contributed by atoms with Crippen molar-refractivity contribution in [3.63, 3.8) is 0 Å². The normalized spacial score (nSPS) is 34.2. The number of thioether (sulfide) groups is 1. The van der Waals surface area contributed by atoms with Crippen molar-refractivity contribution in [3.8, 4) is 0 Å². The average Bonchev–Trinajstić information content (AvgIpc) is 2.91. The van der Waals surface area contributed by atoms with E-state index in [9.17, 15) is 15.0 Å². The molecule has 2 N–H and O–H groups in total. The lowest BCUT2D eigenvalue weighted by molar-refractivity contribution is -0.140. The number of unbranched alkanes of at least 4 members (excludes halogenated alkanes) is 3. The van der Waals surface area contributed by atoms with Crippen molar-refractivity contribution in [1.29, 1.82) is 0 Å². The second-order valence-electron chi connectivity index (χ2n) is 7.90. The Hall–Kier alpha value is -0.520. The van der Waals surface area contributed by atoms with Crippen LogP contribution >= 0.6 is 11.8 Å². The van der Waals surface area contributed by atoms with E-state index in [1.807, 2.05) is 0 Å². The van der Waals surface area contributed by atoms with Gasteiger partial charge in [0.1, 0.15) is 4.93 Å². The fourth-order valence-corrected chi connectivity index (χ4v) is 6.29. The van der Waals surface area contributed by atoms with Crippen LogP contribution < -0.4 is 0 Å². The lowest BCUT2D eigenvalue weighted by Gasteiger charge is -2.39. The first-order chi connectivity index (χ1) is 12.5. The Morgan fingerprint density at radius 2 is 2.12 bits per heavy atom. The van der Waals surface area contributed by atoms with Crippen LogP contribution in [0.25, 0.3) is 0 Å². The Morgan fingerprint density at radius 1 is 1.31 bits per heavy atom. The van der Waals surface area contributed by atoms with E-state index in [1.54, 1.807) is 11.8 Å². The number of fused-ring (bicyclic) bond motifs is 1. The van der Waals surface area contributed by atoms with Gasteiger partial charge >= 0.3 is 5.97 Å². The van der Waals surface area contributed by atoms with Crippen LogP contribution in [-0.2, 0) is 9.53 Å². The van der Waals surface area contributed by atoms with Crippen molar-refractivity contribution in [2.24, 2.45) is 11.8 Å². The highest BCUT2D eigenvalue weighted by Gasteiger charge is 2.49. The van der Waals surface area contributed by atoms with E-state index in [4.69, 9.17) is 0 Å². The van der Waals surface area contributed by atoms with Crippen molar-refractivity contribution in [2.75, 3.05) is 7.11 Å². The zero-order valence-corrected chi connectivity index (χ0v) is 17.2. The van der Waals surface area contributed by atoms with E-state index in [1.165, 1.54) is 20.0 Å². The summed E-state index contributed by atoms with van der Waals surface area (Å²) in [6.07, 6.45) is 14.1. The Kier molecular flexibility index (Phi) is 8.98. The minimum atomic E-state index is -0.575. The van der Waals surface area contributed by atoms with Crippen LogP contribution in [0.1, 0.15) is 77.6 Å². The van der Waals surface area contributed by atoms with Gasteiger partial charge in [0.2, 0.25) is 0 Å². The van der Waals surface area contributed by atoms with Gasteiger partial charge in [-0.05, 0) is 63.2 Å². The molecule has 1 aliphatic heterocycles. The number of hydrogen-bond acceptors (Lipinski definition) is 5. The molecule has 4 nitrogen and oxygen atoms in total. The molecule has 0 aromatic carbocycles. The molecule has 2 rings (SSSR count). The first-order valence-electron chi connectivity index (χ1n) is 10.3. The molecule has 1 heterocycles. The molecule has 1 saturated carbocycles. The molecule has 2 fully saturated rings. The van der Waals surface area contributed by atoms with E-state index in [0.29, 0.717) is 23.5 Å². The van der Waals surface area contributed by atoms with E-state index in [2.05, 4.69) is 23.8 Å². The molecule has 0 radical (unpaired) electrons. The van der Waals surface area contributed by atoms with E-state index in [0.717, 1.165) is 51.4 Å². The molecule has 5 heteroatoms. The molecule has 5 atom stereocenters. The maximum Gasteiger partial charge on any atom is 0.305 e. The van der Waals surface area contributed by atoms with Crippen molar-refractivity contribution in [1.82, 2.24) is 0 Å². The minimum absolute atomic E-state index is 0.155. The van der Waals surface area contributed by atoms with Gasteiger partial charge in [0.15, 0.2) is 0 Å². The van der Waals surface area contributed by atoms with E-state index >= 15 is 0 Å². The Balaban J connectivity index is 1.76. The molecule has 150 valence electrons. The largest absolute Gasteiger partial charge is 0.469 e. The highest BCUT2D eigenvalue weighted by atomic mass is 32.2. The number of esters is 1. The van der Waals surface area contributed by atoms with Gasteiger partial charge in [0.25, 0.3) is 0 Å². The standard InChI is InChI=1S/C21H36O4S/c1-3-4-9-13-21(24)14-12-17-16(18(22)15-19(17)26-21)10-7-5-6-8-11-20(23)25-2/h5,7,16-19,22,24H,3-4,6,8-15H2,1-2H3/b7-5+. The van der Waals surface area contributed by atoms with Gasteiger partial charge in [0, 0.05) is 11.7 Å². The highest BCUT2D eigenvalue weighted by molar-refractivity contribution is 8.01. The molecule has 0 spiro atoms. The quantitative estimate of drug-likeness (QED) is 0.331. The summed E-state index contributed by atoms with van der Waals surface area (Å²) < 4.78 is 4.64. The van der Waals surface area contributed by atoms with Crippen LogP contribution in [0.2, 0.25) is 0 Å². The van der Waals surface area contributed by atoms with Gasteiger partial charge in [-0.2, -0.15) is 0 Å². The number of hydrogen-bond donors (Lipinski definition) is 2. The molecule has 26 heavy (non-hydrogen) atoms. The smallest absolute Gasteiger partial charge is 0.305 e. The van der Waals surface area contributed by atoms with Crippen molar-refractivity contribution in [2.45, 2.75) is 93.8 Å². The van der Waals surface area contributed by atoms with E-state index in [-0.39, 0.29) is 12.1 Å². The van der Waals surface area contributed by atoms with Crippen LogP contribution in [0.15, 0.2) is 12.2 Å². The molecule has 0 aromatic heterocycles. The summed E-state index contributed by atoms with van der Waals surface area (Å²) in [7, 11) is 1.42.